The van der Waals surface area contributed by atoms with E-state index in [-0.39, 0.29) is 5.92 Å². The predicted molar refractivity (Wildman–Crippen MR) is 93.8 cm³/mol. The lowest BCUT2D eigenvalue weighted by Crippen LogP contribution is -2.25. The minimum atomic E-state index is 0.281. The van der Waals surface area contributed by atoms with E-state index in [2.05, 4.69) is 60.7 Å². The monoisotopic (exact) mass is 301 g/mol. The molecule has 2 nitrogen and oxygen atoms in total. The van der Waals surface area contributed by atoms with Crippen LogP contribution in [-0.4, -0.2) is 6.61 Å². The molecule has 2 heteroatoms. The van der Waals surface area contributed by atoms with Crippen molar-refractivity contribution < 1.29 is 4.74 Å². The molecule has 2 N–H and O–H groups in total. The van der Waals surface area contributed by atoms with Gasteiger partial charge in [-0.15, -0.1) is 0 Å². The average Bonchev–Trinajstić information content (AvgIpc) is 2.62. The minimum absolute atomic E-state index is 0.281. The smallest absolute Gasteiger partial charge is 0.123 e. The van der Waals surface area contributed by atoms with E-state index in [1.54, 1.807) is 0 Å². The average molecular weight is 301 g/mol. The summed E-state index contributed by atoms with van der Waals surface area (Å²) in [4.78, 5) is 0. The third-order valence-electron chi connectivity index (χ3n) is 4.60. The van der Waals surface area contributed by atoms with Crippen LogP contribution in [0, 0.1) is 0 Å². The number of hydrogen-bond donors (Lipinski definition) is 1. The first kappa shape index (κ1) is 13.9. The van der Waals surface area contributed by atoms with Crippen molar-refractivity contribution >= 4 is 5.69 Å². The van der Waals surface area contributed by atoms with Gasteiger partial charge in [0.25, 0.3) is 0 Å². The normalized spacial score (nSPS) is 19.7. The highest BCUT2D eigenvalue weighted by Crippen LogP contribution is 2.45. The van der Waals surface area contributed by atoms with Crippen LogP contribution in [0.2, 0.25) is 0 Å². The Kier molecular flexibility index (Phi) is 3.51. The van der Waals surface area contributed by atoms with Gasteiger partial charge in [-0.2, -0.15) is 0 Å². The van der Waals surface area contributed by atoms with Crippen molar-refractivity contribution in [3.63, 3.8) is 0 Å². The first-order chi connectivity index (χ1) is 11.3. The van der Waals surface area contributed by atoms with Gasteiger partial charge in [0.05, 0.1) is 6.61 Å². The second-order valence-corrected chi connectivity index (χ2v) is 6.01. The van der Waals surface area contributed by atoms with Crippen molar-refractivity contribution in [3.8, 4) is 5.75 Å². The van der Waals surface area contributed by atoms with E-state index in [1.165, 1.54) is 16.7 Å². The summed E-state index contributed by atoms with van der Waals surface area (Å²) in [5.41, 5.74) is 10.5. The second-order valence-electron chi connectivity index (χ2n) is 6.01. The number of anilines is 1. The third kappa shape index (κ3) is 2.57. The molecule has 3 aromatic rings. The molecule has 4 rings (SSSR count). The van der Waals surface area contributed by atoms with E-state index in [0.29, 0.717) is 12.5 Å². The van der Waals surface area contributed by atoms with Gasteiger partial charge in [-0.25, -0.2) is 0 Å². The van der Waals surface area contributed by atoms with E-state index in [0.717, 1.165) is 11.4 Å². The Morgan fingerprint density at radius 2 is 1.43 bits per heavy atom. The molecule has 0 saturated heterocycles. The van der Waals surface area contributed by atoms with Crippen LogP contribution in [0.25, 0.3) is 0 Å². The van der Waals surface area contributed by atoms with E-state index in [9.17, 15) is 0 Å². The van der Waals surface area contributed by atoms with E-state index >= 15 is 0 Å². The number of hydrogen-bond acceptors (Lipinski definition) is 2. The zero-order valence-electron chi connectivity index (χ0n) is 12.9. The highest BCUT2D eigenvalue weighted by atomic mass is 16.5. The molecule has 1 aliphatic heterocycles. The quantitative estimate of drug-likeness (QED) is 0.703. The number of para-hydroxylation sites is 1. The van der Waals surface area contributed by atoms with Gasteiger partial charge >= 0.3 is 0 Å². The van der Waals surface area contributed by atoms with Crippen molar-refractivity contribution in [1.29, 1.82) is 0 Å². The van der Waals surface area contributed by atoms with Crippen LogP contribution >= 0.6 is 0 Å². The van der Waals surface area contributed by atoms with Crippen LogP contribution in [0.4, 0.5) is 5.69 Å². The molecule has 2 unspecified atom stereocenters. The van der Waals surface area contributed by atoms with Crippen LogP contribution in [0.3, 0.4) is 0 Å². The number of fused-ring (bicyclic) bond motifs is 1. The van der Waals surface area contributed by atoms with Gasteiger partial charge in [0.15, 0.2) is 0 Å². The molecule has 0 spiro atoms. The summed E-state index contributed by atoms with van der Waals surface area (Å²) in [5, 5.41) is 0. The summed E-state index contributed by atoms with van der Waals surface area (Å²) in [6, 6.07) is 27.2. The largest absolute Gasteiger partial charge is 0.493 e. The van der Waals surface area contributed by atoms with Crippen LogP contribution < -0.4 is 10.5 Å². The summed E-state index contributed by atoms with van der Waals surface area (Å²) >= 11 is 0. The predicted octanol–water partition coefficient (Wildman–Crippen LogP) is 4.58. The molecule has 0 bridgehead atoms. The number of benzene rings is 3. The molecule has 23 heavy (non-hydrogen) atoms. The molecule has 0 saturated carbocycles. The van der Waals surface area contributed by atoms with Crippen molar-refractivity contribution in [2.24, 2.45) is 0 Å². The molecule has 0 amide bonds. The number of nitrogens with two attached hydrogens (primary N) is 1. The molecule has 2 atom stereocenters. The second kappa shape index (κ2) is 5.81. The van der Waals surface area contributed by atoms with Gasteiger partial charge in [0, 0.05) is 23.1 Å². The number of rotatable bonds is 2. The first-order valence-corrected chi connectivity index (χ1v) is 7.95. The lowest BCUT2D eigenvalue weighted by atomic mass is 9.76. The third-order valence-corrected chi connectivity index (χ3v) is 4.60. The van der Waals surface area contributed by atoms with Crippen molar-refractivity contribution in [2.45, 2.75) is 11.8 Å². The fraction of sp³-hybridized carbons (Fsp3) is 0.143. The van der Waals surface area contributed by atoms with Crippen LogP contribution in [0.1, 0.15) is 28.5 Å². The minimum Gasteiger partial charge on any atom is -0.493 e. The summed E-state index contributed by atoms with van der Waals surface area (Å²) in [6.45, 7) is 0.691. The molecule has 0 fully saturated rings. The molecule has 0 aliphatic carbocycles. The maximum Gasteiger partial charge on any atom is 0.123 e. The van der Waals surface area contributed by atoms with Crippen molar-refractivity contribution in [3.05, 3.63) is 95.6 Å². The zero-order valence-corrected chi connectivity index (χ0v) is 12.9. The van der Waals surface area contributed by atoms with Crippen LogP contribution in [0.15, 0.2) is 78.9 Å². The Labute approximate surface area is 136 Å². The molecule has 1 aliphatic rings. The Hall–Kier alpha value is -2.74. The number of ether oxygens (including phenoxy) is 1. The van der Waals surface area contributed by atoms with Gasteiger partial charge in [0.2, 0.25) is 0 Å². The molecule has 3 aromatic carbocycles. The Morgan fingerprint density at radius 1 is 0.739 bits per heavy atom. The van der Waals surface area contributed by atoms with Gasteiger partial charge < -0.3 is 10.5 Å². The summed E-state index contributed by atoms with van der Waals surface area (Å²) in [5.74, 6) is 1.57. The van der Waals surface area contributed by atoms with Gasteiger partial charge in [-0.05, 0) is 29.3 Å². The van der Waals surface area contributed by atoms with Crippen LogP contribution in [0.5, 0.6) is 5.75 Å². The zero-order chi connectivity index (χ0) is 15.6. The Balaban J connectivity index is 1.85. The van der Waals surface area contributed by atoms with Crippen molar-refractivity contribution in [1.82, 2.24) is 0 Å². The number of nitrogen functional groups attached to an aromatic ring is 1. The molecule has 0 aromatic heterocycles. The molecule has 0 radical (unpaired) electrons. The Morgan fingerprint density at radius 3 is 2.22 bits per heavy atom. The van der Waals surface area contributed by atoms with Gasteiger partial charge in [-0.1, -0.05) is 60.7 Å². The molecular formula is C21H19NO. The van der Waals surface area contributed by atoms with Gasteiger partial charge in [0.1, 0.15) is 5.75 Å². The maximum atomic E-state index is 6.04. The van der Waals surface area contributed by atoms with Crippen molar-refractivity contribution in [2.75, 3.05) is 12.3 Å². The first-order valence-electron chi connectivity index (χ1n) is 7.95. The maximum absolute atomic E-state index is 6.04. The fourth-order valence-corrected chi connectivity index (χ4v) is 3.47. The topological polar surface area (TPSA) is 35.2 Å². The van der Waals surface area contributed by atoms with E-state index in [1.807, 2.05) is 18.2 Å². The lowest BCUT2D eigenvalue weighted by molar-refractivity contribution is 0.249. The summed E-state index contributed by atoms with van der Waals surface area (Å²) in [6.07, 6.45) is 0. The SMILES string of the molecule is Nc1ccc(C2c3ccccc3OCC2c2ccccc2)cc1. The lowest BCUT2D eigenvalue weighted by Gasteiger charge is -2.34. The van der Waals surface area contributed by atoms with Crippen LogP contribution in [-0.2, 0) is 0 Å². The highest BCUT2D eigenvalue weighted by Gasteiger charge is 2.32. The molecular weight excluding hydrogens is 282 g/mol. The molecule has 1 heterocycles. The van der Waals surface area contributed by atoms with Gasteiger partial charge in [-0.3, -0.25) is 0 Å². The van der Waals surface area contributed by atoms with E-state index in [4.69, 9.17) is 10.5 Å². The Bertz CT molecular complexity index is 796. The summed E-state index contributed by atoms with van der Waals surface area (Å²) in [7, 11) is 0. The van der Waals surface area contributed by atoms with E-state index < -0.39 is 0 Å². The highest BCUT2D eigenvalue weighted by molar-refractivity contribution is 5.50. The summed E-state index contributed by atoms with van der Waals surface area (Å²) < 4.78 is 6.04. The fourth-order valence-electron chi connectivity index (χ4n) is 3.47. The molecule has 114 valence electrons. The standard InChI is InChI=1S/C21H19NO/c22-17-12-10-16(11-13-17)21-18-8-4-5-9-20(18)23-14-19(21)15-6-2-1-3-7-15/h1-13,19,21H,14,22H2.